The average molecular weight is 564 g/mol. The molecule has 0 rings (SSSR count). The van der Waals surface area contributed by atoms with Crippen molar-refractivity contribution in [2.75, 3.05) is 0 Å². The number of ether oxygens (including phenoxy) is 1. The Bertz CT molecular complexity index is 537. The first kappa shape index (κ1) is 26.3. The van der Waals surface area contributed by atoms with Crippen molar-refractivity contribution >= 4 is 31.9 Å². The van der Waals surface area contributed by atoms with E-state index in [1.165, 1.54) is 0 Å². The van der Waals surface area contributed by atoms with Crippen molar-refractivity contribution < 1.29 is 66.2 Å². The Labute approximate surface area is 156 Å². The van der Waals surface area contributed by atoms with Crippen molar-refractivity contribution in [2.24, 2.45) is 0 Å². The maximum Gasteiger partial charge on any atom is 0.449 e. The lowest BCUT2D eigenvalue weighted by Gasteiger charge is -2.24. The number of hydrogen-bond acceptors (Lipinski definition) is 1. The average Bonchev–Trinajstić information content (AvgIpc) is 2.31. The Morgan fingerprint density at radius 1 is 0.519 bits per heavy atom. The molecular formula is C10H2Br2F14O. The van der Waals surface area contributed by atoms with Gasteiger partial charge < -0.3 is 4.74 Å². The van der Waals surface area contributed by atoms with Crippen molar-refractivity contribution in [2.45, 2.75) is 33.9 Å². The molecular weight excluding hydrogens is 562 g/mol. The first-order valence-corrected chi connectivity index (χ1v) is 7.17. The van der Waals surface area contributed by atoms with Gasteiger partial charge in [-0.25, -0.2) is 0 Å². The van der Waals surface area contributed by atoms with Crippen LogP contribution in [0.25, 0.3) is 0 Å². The number of alkyl halides is 16. The summed E-state index contributed by atoms with van der Waals surface area (Å²) in [5.74, 6) is -18.7. The summed E-state index contributed by atoms with van der Waals surface area (Å²) in [5.41, 5.74) is 0. The molecule has 0 saturated heterocycles. The zero-order valence-corrected chi connectivity index (χ0v) is 14.8. The number of rotatable bonds is 6. The van der Waals surface area contributed by atoms with E-state index < -0.39 is 57.5 Å². The summed E-state index contributed by atoms with van der Waals surface area (Å²) < 4.78 is 180. The van der Waals surface area contributed by atoms with Gasteiger partial charge in [0.2, 0.25) is 11.5 Å². The lowest BCUT2D eigenvalue weighted by Crippen LogP contribution is -2.36. The molecule has 0 aliphatic carbocycles. The second kappa shape index (κ2) is 7.59. The van der Waals surface area contributed by atoms with Crippen LogP contribution >= 0.6 is 31.9 Å². The van der Waals surface area contributed by atoms with Gasteiger partial charge in [-0.2, -0.15) is 61.5 Å². The normalized spacial score (nSPS) is 16.6. The van der Waals surface area contributed by atoms with E-state index in [0.29, 0.717) is 0 Å². The van der Waals surface area contributed by atoms with Crippen LogP contribution in [0.1, 0.15) is 0 Å². The quantitative estimate of drug-likeness (QED) is 0.190. The molecule has 0 aliphatic rings. The third-order valence-corrected chi connectivity index (χ3v) is 3.22. The van der Waals surface area contributed by atoms with E-state index in [9.17, 15) is 61.5 Å². The maximum absolute atomic E-state index is 13.0. The zero-order chi connectivity index (χ0) is 22.3. The topological polar surface area (TPSA) is 9.23 Å². The molecule has 0 spiro atoms. The van der Waals surface area contributed by atoms with Gasteiger partial charge >= 0.3 is 33.9 Å². The minimum absolute atomic E-state index is 0.963. The van der Waals surface area contributed by atoms with Gasteiger partial charge in [0, 0.05) is 12.2 Å². The standard InChI is InChI=1S/C10H2Br2F14O/c11-9(23,24)5(13,14)1-3(7(17,18)19)27-4(8(20,21)22)2-6(15,16)10(12,25)26/h1-2H. The van der Waals surface area contributed by atoms with Gasteiger partial charge in [0.05, 0.1) is 0 Å². The van der Waals surface area contributed by atoms with Crippen LogP contribution in [0.15, 0.2) is 23.7 Å². The van der Waals surface area contributed by atoms with Crippen molar-refractivity contribution in [3.05, 3.63) is 23.7 Å². The highest BCUT2D eigenvalue weighted by atomic mass is 79.9. The summed E-state index contributed by atoms with van der Waals surface area (Å²) in [6.07, 6.45) is -16.4. The Morgan fingerprint density at radius 3 is 0.889 bits per heavy atom. The molecule has 0 saturated carbocycles. The number of hydrogen-bond donors (Lipinski definition) is 0. The van der Waals surface area contributed by atoms with Gasteiger partial charge in [0.15, 0.2) is 0 Å². The van der Waals surface area contributed by atoms with Crippen LogP contribution in [0.2, 0.25) is 0 Å². The summed E-state index contributed by atoms with van der Waals surface area (Å²) in [6.45, 7) is 0. The second-order valence-electron chi connectivity index (χ2n) is 4.36. The molecule has 0 bridgehead atoms. The van der Waals surface area contributed by atoms with Gasteiger partial charge in [-0.1, -0.05) is 0 Å². The smallest absolute Gasteiger partial charge is 0.447 e. The highest BCUT2D eigenvalue weighted by Crippen LogP contribution is 2.46. The Kier molecular flexibility index (Phi) is 7.38. The third-order valence-electron chi connectivity index (χ3n) is 2.16. The summed E-state index contributed by atoms with van der Waals surface area (Å²) in [7, 11) is 0. The van der Waals surface area contributed by atoms with Crippen LogP contribution in [-0.4, -0.2) is 33.9 Å². The Balaban J connectivity index is 6.41. The first-order valence-electron chi connectivity index (χ1n) is 5.59. The predicted octanol–water partition coefficient (Wildman–Crippen LogP) is 7.14. The van der Waals surface area contributed by atoms with Crippen molar-refractivity contribution in [1.82, 2.24) is 0 Å². The van der Waals surface area contributed by atoms with Crippen LogP contribution in [0.5, 0.6) is 0 Å². The molecule has 27 heavy (non-hydrogen) atoms. The molecule has 0 atom stereocenters. The minimum Gasteiger partial charge on any atom is -0.447 e. The van der Waals surface area contributed by atoms with Gasteiger partial charge in [0.25, 0.3) is 0 Å². The molecule has 0 N–H and O–H groups in total. The van der Waals surface area contributed by atoms with Gasteiger partial charge in [0.1, 0.15) is 0 Å². The summed E-state index contributed by atoms with van der Waals surface area (Å²) in [6, 6.07) is 0. The fraction of sp³-hybridized carbons (Fsp3) is 0.600. The maximum atomic E-state index is 13.0. The molecule has 1 nitrogen and oxygen atoms in total. The van der Waals surface area contributed by atoms with Gasteiger partial charge in [-0.05, 0) is 31.9 Å². The minimum atomic E-state index is -6.34. The van der Waals surface area contributed by atoms with Crippen LogP contribution in [0.4, 0.5) is 61.5 Å². The largest absolute Gasteiger partial charge is 0.449 e. The first-order chi connectivity index (χ1) is 11.4. The highest BCUT2D eigenvalue weighted by Gasteiger charge is 2.58. The summed E-state index contributed by atoms with van der Waals surface area (Å²) in [4.78, 5) is -10.8. The van der Waals surface area contributed by atoms with Gasteiger partial charge in [-0.3, -0.25) is 0 Å². The van der Waals surface area contributed by atoms with Crippen LogP contribution in [0, 0.1) is 0 Å². The fourth-order valence-electron chi connectivity index (χ4n) is 0.950. The number of allylic oxidation sites excluding steroid dienone is 4. The van der Waals surface area contributed by atoms with Gasteiger partial charge in [-0.15, -0.1) is 0 Å². The molecule has 160 valence electrons. The van der Waals surface area contributed by atoms with Crippen LogP contribution in [-0.2, 0) is 4.74 Å². The van der Waals surface area contributed by atoms with E-state index in [4.69, 9.17) is 0 Å². The Hall–Kier alpha value is -0.740. The lowest BCUT2D eigenvalue weighted by molar-refractivity contribution is -0.168. The molecule has 0 aliphatic heterocycles. The molecule has 0 fully saturated rings. The molecule has 0 radical (unpaired) electrons. The summed E-state index contributed by atoms with van der Waals surface area (Å²) >= 11 is 1.93. The van der Waals surface area contributed by atoms with Crippen molar-refractivity contribution in [3.8, 4) is 0 Å². The van der Waals surface area contributed by atoms with Crippen molar-refractivity contribution in [3.63, 3.8) is 0 Å². The van der Waals surface area contributed by atoms with E-state index in [0.717, 1.165) is 31.9 Å². The van der Waals surface area contributed by atoms with E-state index in [2.05, 4.69) is 4.74 Å². The highest BCUT2D eigenvalue weighted by molar-refractivity contribution is 9.10. The lowest BCUT2D eigenvalue weighted by atomic mass is 10.2. The SMILES string of the molecule is FC(F)(F)C(=CC(F)(F)C(F)(F)Br)OC(=CC(F)(F)C(F)(F)Br)C(F)(F)F. The number of halogens is 16. The predicted molar refractivity (Wildman–Crippen MR) is 67.0 cm³/mol. The molecule has 17 heteroatoms. The van der Waals surface area contributed by atoms with Crippen molar-refractivity contribution in [1.29, 1.82) is 0 Å². The third kappa shape index (κ3) is 7.30. The zero-order valence-electron chi connectivity index (χ0n) is 11.6. The molecule has 0 aromatic rings. The van der Waals surface area contributed by atoms with E-state index in [1.807, 2.05) is 0 Å². The molecule has 0 aromatic heterocycles. The molecule has 0 aromatic carbocycles. The summed E-state index contributed by atoms with van der Waals surface area (Å²) in [5, 5.41) is 0. The van der Waals surface area contributed by atoms with Crippen LogP contribution < -0.4 is 0 Å². The van der Waals surface area contributed by atoms with E-state index >= 15 is 0 Å². The van der Waals surface area contributed by atoms with E-state index in [1.54, 1.807) is 0 Å². The fourth-order valence-corrected chi connectivity index (χ4v) is 1.18. The monoisotopic (exact) mass is 562 g/mol. The molecule has 0 amide bonds. The van der Waals surface area contributed by atoms with Crippen LogP contribution in [0.3, 0.4) is 0 Å². The van der Waals surface area contributed by atoms with E-state index in [-0.39, 0.29) is 0 Å². The second-order valence-corrected chi connectivity index (χ2v) is 6.35. The Morgan fingerprint density at radius 2 is 0.741 bits per heavy atom. The molecule has 0 unspecified atom stereocenters. The molecule has 0 heterocycles.